The normalized spacial score (nSPS) is 19.3. The Labute approximate surface area is 343 Å². The Hall–Kier alpha value is -5.17. The third-order valence-corrected chi connectivity index (χ3v) is 13.5. The van der Waals surface area contributed by atoms with Crippen LogP contribution in [0.5, 0.6) is 5.75 Å². The quantitative estimate of drug-likeness (QED) is 0.126. The van der Waals surface area contributed by atoms with Crippen LogP contribution in [0.3, 0.4) is 0 Å². The Kier molecular flexibility index (Phi) is 11.3. The van der Waals surface area contributed by atoms with E-state index in [1.807, 2.05) is 48.5 Å². The summed E-state index contributed by atoms with van der Waals surface area (Å²) in [6.45, 7) is 10.6. The highest BCUT2D eigenvalue weighted by molar-refractivity contribution is 7.70. The molecule has 3 saturated heterocycles. The van der Waals surface area contributed by atoms with Crippen LogP contribution in [0, 0.1) is 5.92 Å². The van der Waals surface area contributed by atoms with Gasteiger partial charge in [0, 0.05) is 87.1 Å². The molecular weight excluding hydrogens is 777 g/mol. The molecule has 4 aliphatic rings. The SMILES string of the molecule is COc1cc(N2CCN(CC3CCN(c4ccc5c(c4)CN(C4CCC(=O)NC4=O)C5=O)CC3)CC2)ccc1Nc1ncc(Cl)c(Nc2ccccc2P(C)(C)=O)n1. The Morgan fingerprint density at radius 2 is 1.60 bits per heavy atom. The zero-order valence-electron chi connectivity index (χ0n) is 33.0. The van der Waals surface area contributed by atoms with Crippen molar-refractivity contribution in [2.24, 2.45) is 5.92 Å². The molecule has 4 aliphatic heterocycles. The number of anilines is 6. The number of ether oxygens (including phenoxy) is 1. The average molecular weight is 826 g/mol. The Morgan fingerprint density at radius 3 is 2.34 bits per heavy atom. The number of carbonyl (C=O) groups is 3. The van der Waals surface area contributed by atoms with E-state index in [9.17, 15) is 18.9 Å². The van der Waals surface area contributed by atoms with Gasteiger partial charge in [-0.1, -0.05) is 23.7 Å². The van der Waals surface area contributed by atoms with Crippen molar-refractivity contribution in [1.29, 1.82) is 0 Å². The van der Waals surface area contributed by atoms with Crippen molar-refractivity contribution in [3.05, 3.63) is 83.0 Å². The molecule has 0 saturated carbocycles. The van der Waals surface area contributed by atoms with Crippen LogP contribution >= 0.6 is 18.7 Å². The predicted octanol–water partition coefficient (Wildman–Crippen LogP) is 5.67. The number of piperazine rings is 1. The maximum absolute atomic E-state index is 13.2. The third-order valence-electron chi connectivity index (χ3n) is 11.7. The van der Waals surface area contributed by atoms with E-state index >= 15 is 0 Å². The van der Waals surface area contributed by atoms with E-state index in [4.69, 9.17) is 16.3 Å². The van der Waals surface area contributed by atoms with Crippen molar-refractivity contribution in [3.8, 4) is 5.75 Å². The summed E-state index contributed by atoms with van der Waals surface area (Å²) < 4.78 is 18.7. The zero-order valence-corrected chi connectivity index (χ0v) is 34.7. The van der Waals surface area contributed by atoms with Gasteiger partial charge in [0.1, 0.15) is 24.0 Å². The fourth-order valence-electron chi connectivity index (χ4n) is 8.48. The number of imide groups is 1. The van der Waals surface area contributed by atoms with Gasteiger partial charge in [0.15, 0.2) is 5.82 Å². The molecule has 0 bridgehead atoms. The highest BCUT2D eigenvalue weighted by Gasteiger charge is 2.39. The van der Waals surface area contributed by atoms with Gasteiger partial charge in [-0.2, -0.15) is 4.98 Å². The number of aromatic nitrogens is 2. The smallest absolute Gasteiger partial charge is 0.255 e. The van der Waals surface area contributed by atoms with E-state index in [1.165, 1.54) is 6.20 Å². The van der Waals surface area contributed by atoms with Crippen LogP contribution in [0.1, 0.15) is 41.6 Å². The number of halogens is 1. The summed E-state index contributed by atoms with van der Waals surface area (Å²) in [4.78, 5) is 55.3. The Morgan fingerprint density at radius 1 is 0.879 bits per heavy atom. The number of amides is 3. The van der Waals surface area contributed by atoms with E-state index in [2.05, 4.69) is 52.8 Å². The number of benzene rings is 3. The Bertz CT molecular complexity index is 2270. The fraction of sp³-hybridized carbons (Fsp3) is 0.405. The first-order chi connectivity index (χ1) is 27.9. The monoisotopic (exact) mass is 825 g/mol. The second-order valence-electron chi connectivity index (χ2n) is 15.9. The molecule has 8 rings (SSSR count). The van der Waals surface area contributed by atoms with Gasteiger partial charge in [0.2, 0.25) is 17.8 Å². The van der Waals surface area contributed by atoms with Crippen molar-refractivity contribution < 1.29 is 23.7 Å². The molecule has 16 heteroatoms. The minimum atomic E-state index is -2.55. The molecule has 1 atom stereocenters. The standard InChI is InChI=1S/C42H49ClN9O5P/c1-57-36-23-30(9-11-33(36)46-42-44-24-32(43)39(48-42)45-34-6-4-5-7-37(34)58(2,3)56)51-20-18-49(19-21-51)25-27-14-16-50(17-15-27)29-8-10-31-28(22-29)26-52(41(31)55)35-12-13-38(53)47-40(35)54/h4-11,22-24,27,35H,12-21,25-26H2,1-3H3,(H,47,53,54)(H2,44,45,46,48). The number of carbonyl (C=O) groups excluding carboxylic acids is 3. The molecule has 58 heavy (non-hydrogen) atoms. The molecular formula is C42H49ClN9O5P. The molecule has 304 valence electrons. The lowest BCUT2D eigenvalue weighted by atomic mass is 9.95. The predicted molar refractivity (Wildman–Crippen MR) is 228 cm³/mol. The molecule has 4 aromatic rings. The molecule has 3 amide bonds. The number of hydrogen-bond acceptors (Lipinski definition) is 12. The topological polar surface area (TPSA) is 152 Å². The summed E-state index contributed by atoms with van der Waals surface area (Å²) in [7, 11) is -0.897. The van der Waals surface area contributed by atoms with E-state index in [0.717, 1.165) is 86.6 Å². The van der Waals surface area contributed by atoms with Crippen molar-refractivity contribution in [2.45, 2.75) is 38.3 Å². The van der Waals surface area contributed by atoms with Gasteiger partial charge in [-0.3, -0.25) is 24.6 Å². The van der Waals surface area contributed by atoms with Crippen molar-refractivity contribution in [2.75, 3.05) is 86.7 Å². The maximum atomic E-state index is 13.2. The molecule has 1 aromatic heterocycles. The molecule has 0 aliphatic carbocycles. The number of nitrogens with zero attached hydrogens (tertiary/aromatic N) is 6. The largest absolute Gasteiger partial charge is 0.494 e. The van der Waals surface area contributed by atoms with Gasteiger partial charge in [0.05, 0.1) is 24.7 Å². The highest BCUT2D eigenvalue weighted by Crippen LogP contribution is 2.39. The second-order valence-corrected chi connectivity index (χ2v) is 19.4. The summed E-state index contributed by atoms with van der Waals surface area (Å²) in [6.07, 6.45) is 4.35. The van der Waals surface area contributed by atoms with Crippen LogP contribution in [0.4, 0.5) is 34.5 Å². The van der Waals surface area contributed by atoms with Crippen LogP contribution in [0.15, 0.2) is 66.9 Å². The summed E-state index contributed by atoms with van der Waals surface area (Å²) in [5.74, 6) is 1.23. The molecule has 1 unspecified atom stereocenters. The summed E-state index contributed by atoms with van der Waals surface area (Å²) >= 11 is 6.48. The minimum Gasteiger partial charge on any atom is -0.494 e. The minimum absolute atomic E-state index is 0.137. The zero-order chi connectivity index (χ0) is 40.6. The second kappa shape index (κ2) is 16.6. The van der Waals surface area contributed by atoms with Gasteiger partial charge in [-0.05, 0) is 86.5 Å². The average Bonchev–Trinajstić information content (AvgIpc) is 3.54. The number of fused-ring (bicyclic) bond motifs is 1. The van der Waals surface area contributed by atoms with E-state index < -0.39 is 13.2 Å². The maximum Gasteiger partial charge on any atom is 0.255 e. The van der Waals surface area contributed by atoms with Gasteiger partial charge in [0.25, 0.3) is 5.91 Å². The molecule has 0 spiro atoms. The fourth-order valence-corrected chi connectivity index (χ4v) is 9.77. The molecule has 3 aromatic carbocycles. The molecule has 5 heterocycles. The van der Waals surface area contributed by atoms with Crippen molar-refractivity contribution >= 4 is 76.3 Å². The van der Waals surface area contributed by atoms with Gasteiger partial charge < -0.3 is 34.6 Å². The van der Waals surface area contributed by atoms with E-state index in [0.29, 0.717) is 52.7 Å². The van der Waals surface area contributed by atoms with Crippen LogP contribution < -0.4 is 35.8 Å². The molecule has 3 N–H and O–H groups in total. The number of hydrogen-bond donors (Lipinski definition) is 3. The first-order valence-electron chi connectivity index (χ1n) is 19.8. The summed E-state index contributed by atoms with van der Waals surface area (Å²) in [5, 5.41) is 9.96. The number of nitrogens with one attached hydrogen (secondary N) is 3. The lowest BCUT2D eigenvalue weighted by Crippen LogP contribution is -2.52. The molecule has 14 nitrogen and oxygen atoms in total. The van der Waals surface area contributed by atoms with Crippen LogP contribution in [0.25, 0.3) is 0 Å². The molecule has 0 radical (unpaired) electrons. The lowest BCUT2D eigenvalue weighted by molar-refractivity contribution is -0.136. The van der Waals surface area contributed by atoms with Crippen LogP contribution in [0.2, 0.25) is 5.02 Å². The first-order valence-corrected chi connectivity index (χ1v) is 22.8. The summed E-state index contributed by atoms with van der Waals surface area (Å²) in [5.41, 5.74) is 5.20. The number of para-hydroxylation sites is 1. The van der Waals surface area contributed by atoms with Gasteiger partial charge in [-0.25, -0.2) is 4.98 Å². The lowest BCUT2D eigenvalue weighted by Gasteiger charge is -2.40. The first kappa shape index (κ1) is 39.6. The van der Waals surface area contributed by atoms with Crippen molar-refractivity contribution in [1.82, 2.24) is 25.1 Å². The third kappa shape index (κ3) is 8.50. The highest BCUT2D eigenvalue weighted by atomic mass is 35.5. The van der Waals surface area contributed by atoms with E-state index in [-0.39, 0.29) is 24.1 Å². The Balaban J connectivity index is 0.823. The van der Waals surface area contributed by atoms with E-state index in [1.54, 1.807) is 25.3 Å². The summed E-state index contributed by atoms with van der Waals surface area (Å²) in [6, 6.07) is 19.0. The number of rotatable bonds is 11. The number of piperidine rings is 2. The van der Waals surface area contributed by atoms with Crippen molar-refractivity contribution in [3.63, 3.8) is 0 Å². The van der Waals surface area contributed by atoms with Crippen LogP contribution in [-0.2, 0) is 20.7 Å². The van der Waals surface area contributed by atoms with Gasteiger partial charge >= 0.3 is 0 Å². The van der Waals surface area contributed by atoms with Gasteiger partial charge in [-0.15, -0.1) is 0 Å². The molecule has 3 fully saturated rings. The number of methoxy groups -OCH3 is 1. The van der Waals surface area contributed by atoms with Crippen LogP contribution in [-0.4, -0.2) is 110 Å².